The van der Waals surface area contributed by atoms with E-state index in [4.69, 9.17) is 4.98 Å². The quantitative estimate of drug-likeness (QED) is 0.825. The number of ketones is 1. The molecule has 0 atom stereocenters. The summed E-state index contributed by atoms with van der Waals surface area (Å²) in [4.78, 5) is 20.0. The van der Waals surface area contributed by atoms with Crippen molar-refractivity contribution in [3.63, 3.8) is 0 Å². The number of para-hydroxylation sites is 1. The van der Waals surface area contributed by atoms with E-state index in [1.165, 1.54) is 16.9 Å². The number of carbonyl (C=O) groups excluding carboxylic acids is 1. The zero-order valence-corrected chi connectivity index (χ0v) is 13.8. The average molecular weight is 300 g/mol. The van der Waals surface area contributed by atoms with Crippen molar-refractivity contribution in [2.45, 2.75) is 33.6 Å². The second-order valence-corrected chi connectivity index (χ2v) is 7.54. The first kappa shape index (κ1) is 14.3. The molecule has 2 aromatic rings. The molecule has 21 heavy (non-hydrogen) atoms. The van der Waals surface area contributed by atoms with Gasteiger partial charge in [0.05, 0.1) is 10.6 Å². The summed E-state index contributed by atoms with van der Waals surface area (Å²) in [5.74, 6) is 0.239. The van der Waals surface area contributed by atoms with Crippen LogP contribution in [-0.2, 0) is 6.42 Å². The van der Waals surface area contributed by atoms with Gasteiger partial charge in [0.1, 0.15) is 0 Å². The van der Waals surface area contributed by atoms with Crippen LogP contribution in [0.1, 0.15) is 41.2 Å². The summed E-state index contributed by atoms with van der Waals surface area (Å²) in [5, 5.41) is 0.903. The molecule has 1 heterocycles. The van der Waals surface area contributed by atoms with Crippen molar-refractivity contribution < 1.29 is 4.79 Å². The number of anilines is 2. The van der Waals surface area contributed by atoms with E-state index in [0.29, 0.717) is 6.42 Å². The van der Waals surface area contributed by atoms with Crippen LogP contribution in [-0.4, -0.2) is 17.8 Å². The first-order valence-electron chi connectivity index (χ1n) is 7.20. The third-order valence-corrected chi connectivity index (χ3v) is 5.20. The molecule has 4 heteroatoms. The molecule has 3 nitrogen and oxygen atoms in total. The van der Waals surface area contributed by atoms with E-state index in [1.807, 2.05) is 19.2 Å². The minimum atomic E-state index is 0.0245. The van der Waals surface area contributed by atoms with Gasteiger partial charge in [-0.2, -0.15) is 0 Å². The van der Waals surface area contributed by atoms with Crippen LogP contribution in [0.4, 0.5) is 10.8 Å². The van der Waals surface area contributed by atoms with Crippen LogP contribution in [0.25, 0.3) is 0 Å². The van der Waals surface area contributed by atoms with Crippen molar-refractivity contribution in [3.05, 3.63) is 40.4 Å². The lowest BCUT2D eigenvalue weighted by Gasteiger charge is -2.26. The molecule has 1 aliphatic carbocycles. The Morgan fingerprint density at radius 1 is 1.24 bits per heavy atom. The molecule has 3 rings (SSSR count). The van der Waals surface area contributed by atoms with Gasteiger partial charge in [0.25, 0.3) is 0 Å². The van der Waals surface area contributed by atoms with Gasteiger partial charge in [0.2, 0.25) is 0 Å². The first-order chi connectivity index (χ1) is 9.87. The van der Waals surface area contributed by atoms with Crippen molar-refractivity contribution in [3.8, 4) is 0 Å². The zero-order chi connectivity index (χ0) is 15.2. The number of carbonyl (C=O) groups is 1. The predicted octanol–water partition coefficient (Wildman–Crippen LogP) is 4.37. The van der Waals surface area contributed by atoms with Crippen LogP contribution in [0, 0.1) is 12.3 Å². The molecule has 110 valence electrons. The Kier molecular flexibility index (Phi) is 3.36. The number of rotatable bonds is 2. The van der Waals surface area contributed by atoms with Gasteiger partial charge < -0.3 is 4.90 Å². The maximum atomic E-state index is 12.3. The highest BCUT2D eigenvalue weighted by Gasteiger charge is 2.34. The third-order valence-electron chi connectivity index (χ3n) is 3.99. The number of aryl methyl sites for hydroxylation is 1. The van der Waals surface area contributed by atoms with Crippen molar-refractivity contribution in [1.29, 1.82) is 0 Å². The van der Waals surface area contributed by atoms with Crippen LogP contribution < -0.4 is 4.90 Å². The highest BCUT2D eigenvalue weighted by molar-refractivity contribution is 7.17. The van der Waals surface area contributed by atoms with E-state index in [9.17, 15) is 4.79 Å². The van der Waals surface area contributed by atoms with Crippen molar-refractivity contribution in [2.75, 3.05) is 11.9 Å². The first-order valence-corrected chi connectivity index (χ1v) is 8.01. The van der Waals surface area contributed by atoms with Gasteiger partial charge >= 0.3 is 0 Å². The van der Waals surface area contributed by atoms with E-state index in [1.54, 1.807) is 0 Å². The second kappa shape index (κ2) is 4.95. The van der Waals surface area contributed by atoms with E-state index in [-0.39, 0.29) is 11.2 Å². The molecule has 0 saturated carbocycles. The molecule has 1 aromatic carbocycles. The number of hydrogen-bond acceptors (Lipinski definition) is 4. The standard InChI is InChI=1S/C17H20N2OS/c1-11-7-5-6-8-13(11)19(4)16-18-12-9-17(2,3)10-14(20)15(12)21-16/h5-8H,9-10H2,1-4H3. The van der Waals surface area contributed by atoms with Gasteiger partial charge in [-0.1, -0.05) is 43.4 Å². The molecule has 1 aliphatic rings. The molecule has 0 spiro atoms. The van der Waals surface area contributed by atoms with Crippen LogP contribution in [0.5, 0.6) is 0 Å². The minimum Gasteiger partial charge on any atom is -0.321 e. The molecule has 0 aliphatic heterocycles. The fourth-order valence-corrected chi connectivity index (χ4v) is 3.89. The SMILES string of the molecule is Cc1ccccc1N(C)c1nc2c(s1)C(=O)CC(C)(C)C2. The highest BCUT2D eigenvalue weighted by Crippen LogP contribution is 2.40. The fourth-order valence-electron chi connectivity index (χ4n) is 2.89. The van der Waals surface area contributed by atoms with Gasteiger partial charge in [0.15, 0.2) is 10.9 Å². The predicted molar refractivity (Wildman–Crippen MR) is 87.8 cm³/mol. The summed E-state index contributed by atoms with van der Waals surface area (Å²) in [6.45, 7) is 6.36. The van der Waals surface area contributed by atoms with Crippen molar-refractivity contribution >= 4 is 27.9 Å². The topological polar surface area (TPSA) is 33.2 Å². The number of fused-ring (bicyclic) bond motifs is 1. The molecule has 0 fully saturated rings. The summed E-state index contributed by atoms with van der Waals surface area (Å²) >= 11 is 1.52. The van der Waals surface area contributed by atoms with Crippen molar-refractivity contribution in [1.82, 2.24) is 4.98 Å². The number of benzene rings is 1. The Hall–Kier alpha value is -1.68. The number of hydrogen-bond donors (Lipinski definition) is 0. The molecule has 0 amide bonds. The van der Waals surface area contributed by atoms with E-state index < -0.39 is 0 Å². The van der Waals surface area contributed by atoms with Crippen LogP contribution in [0.3, 0.4) is 0 Å². The molecule has 0 unspecified atom stereocenters. The summed E-state index contributed by atoms with van der Waals surface area (Å²) in [5.41, 5.74) is 3.34. The molecule has 1 aromatic heterocycles. The number of aromatic nitrogens is 1. The summed E-state index contributed by atoms with van der Waals surface area (Å²) in [7, 11) is 2.02. The van der Waals surface area contributed by atoms with Gasteiger partial charge in [-0.15, -0.1) is 0 Å². The molecule has 0 saturated heterocycles. The van der Waals surface area contributed by atoms with Gasteiger partial charge in [-0.25, -0.2) is 4.98 Å². The lowest BCUT2D eigenvalue weighted by molar-refractivity contribution is 0.0916. The fraction of sp³-hybridized carbons (Fsp3) is 0.412. The molecular formula is C17H20N2OS. The molecule has 0 radical (unpaired) electrons. The van der Waals surface area contributed by atoms with Crippen molar-refractivity contribution in [2.24, 2.45) is 5.41 Å². The zero-order valence-electron chi connectivity index (χ0n) is 12.9. The van der Waals surface area contributed by atoms with Crippen LogP contribution >= 0.6 is 11.3 Å². The van der Waals surface area contributed by atoms with E-state index >= 15 is 0 Å². The highest BCUT2D eigenvalue weighted by atomic mass is 32.1. The largest absolute Gasteiger partial charge is 0.321 e. The number of thiazole rings is 1. The Morgan fingerprint density at radius 3 is 2.67 bits per heavy atom. The van der Waals surface area contributed by atoms with Gasteiger partial charge in [-0.3, -0.25) is 4.79 Å². The van der Waals surface area contributed by atoms with Gasteiger partial charge in [-0.05, 0) is 30.4 Å². The lowest BCUT2D eigenvalue weighted by atomic mass is 9.78. The number of Topliss-reactive ketones (excluding diaryl/α,β-unsaturated/α-hetero) is 1. The Labute approximate surface area is 129 Å². The summed E-state index contributed by atoms with van der Waals surface area (Å²) in [6.07, 6.45) is 1.50. The van der Waals surface area contributed by atoms with E-state index in [0.717, 1.165) is 27.8 Å². The van der Waals surface area contributed by atoms with Crippen LogP contribution in [0.2, 0.25) is 0 Å². The normalized spacial score (nSPS) is 16.7. The molecule has 0 bridgehead atoms. The lowest BCUT2D eigenvalue weighted by Crippen LogP contribution is -2.26. The second-order valence-electron chi connectivity index (χ2n) is 6.56. The van der Waals surface area contributed by atoms with Gasteiger partial charge in [0, 0.05) is 19.2 Å². The third kappa shape index (κ3) is 2.60. The average Bonchev–Trinajstić information content (AvgIpc) is 2.81. The molecule has 0 N–H and O–H groups in total. The monoisotopic (exact) mass is 300 g/mol. The maximum Gasteiger partial charge on any atom is 0.190 e. The maximum absolute atomic E-state index is 12.3. The number of nitrogens with zero attached hydrogens (tertiary/aromatic N) is 2. The van der Waals surface area contributed by atoms with Crippen LogP contribution in [0.15, 0.2) is 24.3 Å². The summed E-state index contributed by atoms with van der Waals surface area (Å²) in [6, 6.07) is 8.24. The summed E-state index contributed by atoms with van der Waals surface area (Å²) < 4.78 is 0. The Balaban J connectivity index is 1.99. The smallest absolute Gasteiger partial charge is 0.190 e. The Morgan fingerprint density at radius 2 is 1.95 bits per heavy atom. The van der Waals surface area contributed by atoms with E-state index in [2.05, 4.69) is 37.8 Å². The molecular weight excluding hydrogens is 280 g/mol. The minimum absolute atomic E-state index is 0.0245. The Bertz CT molecular complexity index is 703.